The van der Waals surface area contributed by atoms with Crippen LogP contribution in [0.3, 0.4) is 0 Å². The molecule has 4 aliphatic carbocycles. The van der Waals surface area contributed by atoms with Crippen molar-refractivity contribution in [1.82, 2.24) is 0 Å². The normalized spacial score (nSPS) is 44.2. The van der Waals surface area contributed by atoms with Gasteiger partial charge in [0.1, 0.15) is 0 Å². The number of fused-ring (bicyclic) bond motifs is 4. The van der Waals surface area contributed by atoms with Crippen molar-refractivity contribution < 1.29 is 10.2 Å². The third-order valence-corrected chi connectivity index (χ3v) is 10.7. The van der Waals surface area contributed by atoms with Crippen LogP contribution in [0.15, 0.2) is 22.8 Å². The Balaban J connectivity index is 1.57. The van der Waals surface area contributed by atoms with E-state index >= 15 is 0 Å². The van der Waals surface area contributed by atoms with Gasteiger partial charge in [-0.05, 0) is 117 Å². The van der Waals surface area contributed by atoms with E-state index in [-0.39, 0.29) is 23.0 Å². The van der Waals surface area contributed by atoms with Crippen LogP contribution in [0, 0.1) is 40.4 Å². The quantitative estimate of drug-likeness (QED) is 0.460. The van der Waals surface area contributed by atoms with E-state index in [0.717, 1.165) is 37.5 Å². The summed E-state index contributed by atoms with van der Waals surface area (Å²) in [6, 6.07) is 0. The van der Waals surface area contributed by atoms with Gasteiger partial charge in [-0.1, -0.05) is 51.8 Å². The lowest BCUT2D eigenvalue weighted by Gasteiger charge is -2.58. The minimum atomic E-state index is -0.271. The minimum Gasteiger partial charge on any atom is -0.393 e. The van der Waals surface area contributed by atoms with Gasteiger partial charge in [0.25, 0.3) is 0 Å². The summed E-state index contributed by atoms with van der Waals surface area (Å²) in [6.07, 6.45) is 13.3. The Morgan fingerprint density at radius 1 is 1.06 bits per heavy atom. The summed E-state index contributed by atoms with van der Waals surface area (Å²) >= 11 is 0. The van der Waals surface area contributed by atoms with Crippen molar-refractivity contribution in [2.24, 2.45) is 40.4 Å². The highest BCUT2D eigenvalue weighted by atomic mass is 16.3. The van der Waals surface area contributed by atoms with Crippen LogP contribution in [0.5, 0.6) is 0 Å². The molecular weight excluding hydrogens is 380 g/mol. The zero-order valence-electron chi connectivity index (χ0n) is 21.1. The molecule has 176 valence electrons. The van der Waals surface area contributed by atoms with Crippen molar-refractivity contribution in [3.63, 3.8) is 0 Å². The van der Waals surface area contributed by atoms with Gasteiger partial charge in [-0.2, -0.15) is 0 Å². The average molecular weight is 429 g/mol. The maximum atomic E-state index is 11.4. The SMILES string of the molecule is CC=C(CC[C@@H](C)[C@H]1CCC2=C3C(O)CC4CC(O)CC[C@]4(C)[C@H]3CC[C@@]21C)C(C)C. The zero-order valence-corrected chi connectivity index (χ0v) is 21.1. The van der Waals surface area contributed by atoms with Crippen molar-refractivity contribution in [2.75, 3.05) is 0 Å². The van der Waals surface area contributed by atoms with E-state index in [9.17, 15) is 10.2 Å². The van der Waals surface area contributed by atoms with E-state index in [1.54, 1.807) is 11.1 Å². The summed E-state index contributed by atoms with van der Waals surface area (Å²) in [5, 5.41) is 21.6. The van der Waals surface area contributed by atoms with Gasteiger partial charge in [0.15, 0.2) is 0 Å². The van der Waals surface area contributed by atoms with Gasteiger partial charge >= 0.3 is 0 Å². The van der Waals surface area contributed by atoms with Crippen LogP contribution < -0.4 is 0 Å². The highest BCUT2D eigenvalue weighted by molar-refractivity contribution is 5.37. The average Bonchev–Trinajstić information content (AvgIpc) is 3.06. The Morgan fingerprint density at radius 3 is 2.48 bits per heavy atom. The monoisotopic (exact) mass is 428 g/mol. The summed E-state index contributed by atoms with van der Waals surface area (Å²) in [5.74, 6) is 3.18. The number of hydrogen-bond acceptors (Lipinski definition) is 2. The van der Waals surface area contributed by atoms with E-state index in [4.69, 9.17) is 0 Å². The van der Waals surface area contributed by atoms with Gasteiger partial charge in [0.2, 0.25) is 0 Å². The third kappa shape index (κ3) is 3.88. The molecule has 3 fully saturated rings. The molecule has 2 N–H and O–H groups in total. The lowest BCUT2D eigenvalue weighted by molar-refractivity contribution is -0.0664. The summed E-state index contributed by atoms with van der Waals surface area (Å²) in [6.45, 7) is 14.4. The minimum absolute atomic E-state index is 0.155. The van der Waals surface area contributed by atoms with Gasteiger partial charge < -0.3 is 10.2 Å². The molecule has 0 amide bonds. The fourth-order valence-corrected chi connectivity index (χ4v) is 8.76. The maximum Gasteiger partial charge on any atom is 0.0758 e. The molecule has 0 aliphatic heterocycles. The van der Waals surface area contributed by atoms with Crippen molar-refractivity contribution >= 4 is 0 Å². The number of rotatable bonds is 5. The number of allylic oxidation sites excluding steroid dienone is 3. The Morgan fingerprint density at radius 2 is 1.81 bits per heavy atom. The molecule has 0 bridgehead atoms. The molecule has 31 heavy (non-hydrogen) atoms. The maximum absolute atomic E-state index is 11.4. The summed E-state index contributed by atoms with van der Waals surface area (Å²) < 4.78 is 0. The molecule has 0 radical (unpaired) electrons. The van der Waals surface area contributed by atoms with Gasteiger partial charge in [-0.15, -0.1) is 0 Å². The van der Waals surface area contributed by atoms with E-state index in [1.807, 2.05) is 0 Å². The summed E-state index contributed by atoms with van der Waals surface area (Å²) in [7, 11) is 0. The van der Waals surface area contributed by atoms with Crippen LogP contribution in [0.4, 0.5) is 0 Å². The van der Waals surface area contributed by atoms with Crippen LogP contribution in [0.1, 0.15) is 106 Å². The molecule has 4 aliphatic rings. The van der Waals surface area contributed by atoms with Crippen LogP contribution in [-0.2, 0) is 0 Å². The van der Waals surface area contributed by atoms with Crippen molar-refractivity contribution in [1.29, 1.82) is 0 Å². The smallest absolute Gasteiger partial charge is 0.0758 e. The molecule has 2 heteroatoms. The Hall–Kier alpha value is -0.600. The predicted octanol–water partition coefficient (Wildman–Crippen LogP) is 7.06. The molecule has 0 heterocycles. The first kappa shape index (κ1) is 23.6. The topological polar surface area (TPSA) is 40.5 Å². The second-order valence-corrected chi connectivity index (χ2v) is 12.5. The molecule has 3 unspecified atom stereocenters. The zero-order chi connectivity index (χ0) is 22.6. The lowest BCUT2D eigenvalue weighted by Crippen LogP contribution is -2.52. The molecule has 0 aromatic rings. The highest BCUT2D eigenvalue weighted by Crippen LogP contribution is 2.65. The summed E-state index contributed by atoms with van der Waals surface area (Å²) in [5.41, 5.74) is 5.31. The molecule has 0 aromatic carbocycles. The summed E-state index contributed by atoms with van der Waals surface area (Å²) in [4.78, 5) is 0. The van der Waals surface area contributed by atoms with Gasteiger partial charge in [0.05, 0.1) is 12.2 Å². The second kappa shape index (κ2) is 8.64. The van der Waals surface area contributed by atoms with E-state index in [2.05, 4.69) is 47.6 Å². The van der Waals surface area contributed by atoms with E-state index in [1.165, 1.54) is 44.1 Å². The van der Waals surface area contributed by atoms with E-state index in [0.29, 0.717) is 17.8 Å². The highest BCUT2D eigenvalue weighted by Gasteiger charge is 2.57. The lowest BCUT2D eigenvalue weighted by atomic mass is 9.48. The van der Waals surface area contributed by atoms with Gasteiger partial charge in [-0.25, -0.2) is 0 Å². The van der Waals surface area contributed by atoms with Crippen molar-refractivity contribution in [3.8, 4) is 0 Å². The van der Waals surface area contributed by atoms with Crippen molar-refractivity contribution in [3.05, 3.63) is 22.8 Å². The van der Waals surface area contributed by atoms with Crippen LogP contribution in [0.2, 0.25) is 0 Å². The van der Waals surface area contributed by atoms with Gasteiger partial charge in [-0.3, -0.25) is 0 Å². The van der Waals surface area contributed by atoms with E-state index < -0.39 is 0 Å². The first-order valence-corrected chi connectivity index (χ1v) is 13.4. The van der Waals surface area contributed by atoms with Crippen LogP contribution >= 0.6 is 0 Å². The first-order chi connectivity index (χ1) is 14.6. The fourth-order valence-electron chi connectivity index (χ4n) is 8.76. The molecule has 3 saturated carbocycles. The Labute approximate surface area is 191 Å². The Bertz CT molecular complexity index is 733. The first-order valence-electron chi connectivity index (χ1n) is 13.4. The number of aliphatic hydroxyl groups is 2. The van der Waals surface area contributed by atoms with Gasteiger partial charge in [0, 0.05) is 0 Å². The van der Waals surface area contributed by atoms with Crippen molar-refractivity contribution in [2.45, 2.75) is 118 Å². The number of hydrogen-bond donors (Lipinski definition) is 2. The van der Waals surface area contributed by atoms with Crippen LogP contribution in [-0.4, -0.2) is 22.4 Å². The molecule has 2 nitrogen and oxygen atoms in total. The largest absolute Gasteiger partial charge is 0.393 e. The predicted molar refractivity (Wildman–Crippen MR) is 130 cm³/mol. The molecule has 8 atom stereocenters. The van der Waals surface area contributed by atoms with Crippen LogP contribution in [0.25, 0.3) is 0 Å². The fraction of sp³-hybridized carbons (Fsp3) is 0.862. The molecule has 0 saturated heterocycles. The number of aliphatic hydroxyl groups excluding tert-OH is 2. The molecule has 4 rings (SSSR count). The molecular formula is C29H48O2. The standard InChI is InChI=1S/C29H48O2/c1-7-20(18(2)3)9-8-19(4)23-10-11-24-27-25(13-15-29(23,24)6)28(5)14-12-22(30)16-21(28)17-26(27)31/h7,18-19,21-23,25-26,30-31H,8-17H2,1-6H3/t19-,21?,22?,23-,25+,26?,28+,29-/m1/s1. The third-order valence-electron chi connectivity index (χ3n) is 10.7. The second-order valence-electron chi connectivity index (χ2n) is 12.5. The molecule has 0 aromatic heterocycles. The molecule has 0 spiro atoms. The Kier molecular flexibility index (Phi) is 6.56.